The Morgan fingerprint density at radius 1 is 0.254 bits per heavy atom. The molecule has 0 aliphatic carbocycles. The monoisotopic (exact) mass is 1130 g/mol. The molecule has 0 aliphatic rings. The summed E-state index contributed by atoms with van der Waals surface area (Å²) in [6, 6.07) is 76.9. The average molecular weight is 1130 g/mol. The molecule has 8 rings (SSSR count). The molecular weight excluding hydrogens is 1090 g/mol. The fraction of sp³-hybridized carbons (Fsp3) is 0. The Morgan fingerprint density at radius 3 is 0.642 bits per heavy atom. The van der Waals surface area contributed by atoms with E-state index in [9.17, 15) is 50.4 Å². The predicted molar refractivity (Wildman–Crippen MR) is 241 cm³/mol. The molecule has 0 amide bonds. The maximum atomic E-state index is 9.87. The molecule has 0 bridgehead atoms. The van der Waals surface area contributed by atoms with Crippen LogP contribution < -0.4 is 30.7 Å². The first kappa shape index (κ1) is 51.2. The molecule has 67 heavy (non-hydrogen) atoms. The molecule has 0 unspecified atom stereocenters. The minimum Gasteiger partial charge on any atom is -0.457 e. The Kier molecular flexibility index (Phi) is 14.8. The Balaban J connectivity index is 0.000000461. The minimum atomic E-state index is -10.7. The standard InChI is InChI=1S/C48H36IO2S2.2F6P/c1-5-13-43(14-6-1)52(44-15-7-2-8-16-44)47-33-29-41(30-34-47)50-39-25-21-37(22-26-39)49-38-23-27-40(28-24-38)51-42-31-35-48(36-32-42)53(45-17-9-3-10-18-45)46-19-11-4-12-20-46;2*1-7(2,3,4,5)6/h1-36H;;/q+3;2*-1. The van der Waals surface area contributed by atoms with Crippen LogP contribution in [0.25, 0.3) is 0 Å². The molecule has 0 atom stereocenters. The van der Waals surface area contributed by atoms with Gasteiger partial charge in [0.05, 0.1) is 21.8 Å². The number of benzene rings is 8. The second-order valence-electron chi connectivity index (χ2n) is 13.9. The van der Waals surface area contributed by atoms with Crippen molar-refractivity contribution in [3.05, 3.63) is 226 Å². The molecule has 0 saturated carbocycles. The van der Waals surface area contributed by atoms with Gasteiger partial charge in [-0.1, -0.05) is 72.8 Å². The van der Waals surface area contributed by atoms with Crippen LogP contribution in [-0.4, -0.2) is 0 Å². The van der Waals surface area contributed by atoms with E-state index in [4.69, 9.17) is 9.47 Å². The maximum Gasteiger partial charge on any atom is 0.357 e. The van der Waals surface area contributed by atoms with Crippen molar-refractivity contribution in [2.24, 2.45) is 0 Å². The third kappa shape index (κ3) is 19.9. The van der Waals surface area contributed by atoms with E-state index >= 15 is 0 Å². The van der Waals surface area contributed by atoms with Gasteiger partial charge in [0.25, 0.3) is 0 Å². The van der Waals surface area contributed by atoms with Gasteiger partial charge in [-0.3, -0.25) is 0 Å². The van der Waals surface area contributed by atoms with E-state index in [2.05, 4.69) is 218 Å². The fourth-order valence-corrected chi connectivity index (χ4v) is 12.2. The number of rotatable bonds is 12. The summed E-state index contributed by atoms with van der Waals surface area (Å²) in [5.74, 6) is 3.34. The summed E-state index contributed by atoms with van der Waals surface area (Å²) in [7, 11) is -21.7. The van der Waals surface area contributed by atoms with Crippen LogP contribution in [0.3, 0.4) is 0 Å². The fourth-order valence-electron chi connectivity index (χ4n) is 5.86. The number of hydrogen-bond donors (Lipinski definition) is 0. The largest absolute Gasteiger partial charge is 0.457 e. The van der Waals surface area contributed by atoms with Gasteiger partial charge in [-0.15, -0.1) is 0 Å². The van der Waals surface area contributed by atoms with Crippen LogP contribution in [0.15, 0.2) is 248 Å². The van der Waals surface area contributed by atoms with Gasteiger partial charge in [0.15, 0.2) is 36.5 Å². The first-order valence-electron chi connectivity index (χ1n) is 19.4. The van der Waals surface area contributed by atoms with Gasteiger partial charge in [-0.2, -0.15) is 0 Å². The Morgan fingerprint density at radius 2 is 0.433 bits per heavy atom. The zero-order valence-corrected chi connectivity index (χ0v) is 39.8. The Labute approximate surface area is 394 Å². The van der Waals surface area contributed by atoms with Crippen molar-refractivity contribution in [1.29, 1.82) is 0 Å². The van der Waals surface area contributed by atoms with Gasteiger partial charge in [-0.05, 0) is 146 Å². The smallest absolute Gasteiger partial charge is 0.357 e. The van der Waals surface area contributed by atoms with E-state index in [1.807, 2.05) is 0 Å². The van der Waals surface area contributed by atoms with Crippen LogP contribution in [0.5, 0.6) is 23.0 Å². The van der Waals surface area contributed by atoms with Crippen molar-refractivity contribution in [3.63, 3.8) is 0 Å². The van der Waals surface area contributed by atoms with Crippen LogP contribution in [0.4, 0.5) is 50.4 Å². The molecule has 0 spiro atoms. The molecule has 0 heterocycles. The molecule has 2 nitrogen and oxygen atoms in total. The first-order chi connectivity index (χ1) is 31.1. The summed E-state index contributed by atoms with van der Waals surface area (Å²) >= 11 is -0.341. The summed E-state index contributed by atoms with van der Waals surface area (Å²) in [4.78, 5) is 7.73. The Hall–Kier alpha value is -5.19. The quantitative estimate of drug-likeness (QED) is 0.0525. The van der Waals surface area contributed by atoms with Crippen molar-refractivity contribution >= 4 is 37.4 Å². The second kappa shape index (κ2) is 19.4. The van der Waals surface area contributed by atoms with Crippen LogP contribution in [0.2, 0.25) is 0 Å². The van der Waals surface area contributed by atoms with Crippen LogP contribution in [0.1, 0.15) is 0 Å². The number of halogens is 13. The predicted octanol–water partition coefficient (Wildman–Crippen LogP) is 16.4. The zero-order valence-electron chi connectivity index (χ0n) is 34.2. The summed E-state index contributed by atoms with van der Waals surface area (Å²) in [6.45, 7) is 0. The zero-order chi connectivity index (χ0) is 48.5. The molecule has 8 aromatic rings. The first-order valence-corrected chi connectivity index (χ1v) is 28.0. The van der Waals surface area contributed by atoms with E-state index in [0.717, 1.165) is 23.0 Å². The summed E-state index contributed by atoms with van der Waals surface area (Å²) in [5.41, 5.74) is 0. The SMILES string of the molecule is F[P-](F)(F)(F)(F)F.F[P-](F)(F)(F)(F)F.c1ccc([S+](c2ccccc2)c2ccc(Oc3ccc([I+]c4ccc(Oc5ccc([S+](c6ccccc6)c6ccccc6)cc5)cc4)cc3)cc2)cc1. The van der Waals surface area contributed by atoms with Gasteiger partial charge in [0.2, 0.25) is 0 Å². The average Bonchev–Trinajstić information content (AvgIpc) is 3.26. The normalized spacial score (nSPS) is 13.6. The molecule has 0 saturated heterocycles. The number of hydrogen-bond acceptors (Lipinski definition) is 2. The van der Waals surface area contributed by atoms with Crippen molar-refractivity contribution in [1.82, 2.24) is 0 Å². The number of ether oxygens (including phenoxy) is 2. The molecule has 8 aromatic carbocycles. The van der Waals surface area contributed by atoms with E-state index in [-0.39, 0.29) is 43.0 Å². The van der Waals surface area contributed by atoms with Gasteiger partial charge in [0.1, 0.15) is 23.0 Å². The van der Waals surface area contributed by atoms with E-state index in [1.165, 1.54) is 36.5 Å². The second-order valence-corrected chi connectivity index (χ2v) is 24.8. The van der Waals surface area contributed by atoms with E-state index in [1.54, 1.807) is 0 Å². The third-order valence-corrected chi connectivity index (χ3v) is 15.5. The van der Waals surface area contributed by atoms with Crippen LogP contribution in [-0.2, 0) is 21.8 Å². The van der Waals surface area contributed by atoms with Crippen molar-refractivity contribution in [2.45, 2.75) is 29.4 Å². The third-order valence-electron chi connectivity index (χ3n) is 8.35. The summed E-state index contributed by atoms with van der Waals surface area (Å²) in [6.07, 6.45) is 0. The molecule has 0 fully saturated rings. The molecule has 0 radical (unpaired) electrons. The van der Waals surface area contributed by atoms with Crippen LogP contribution in [0, 0.1) is 7.14 Å². The van der Waals surface area contributed by atoms with Gasteiger partial charge in [0, 0.05) is 0 Å². The molecule has 0 aliphatic heterocycles. The van der Waals surface area contributed by atoms with Crippen LogP contribution >= 0.6 is 15.6 Å². The molecule has 19 heteroatoms. The molecule has 352 valence electrons. The van der Waals surface area contributed by atoms with Gasteiger partial charge < -0.3 is 9.47 Å². The van der Waals surface area contributed by atoms with E-state index in [0.29, 0.717) is 0 Å². The minimum absolute atomic E-state index is 0.179. The van der Waals surface area contributed by atoms with Crippen molar-refractivity contribution in [3.8, 4) is 23.0 Å². The molecule has 0 N–H and O–H groups in total. The molecule has 0 aromatic heterocycles. The Bertz CT molecular complexity index is 2520. The van der Waals surface area contributed by atoms with Crippen molar-refractivity contribution < 1.29 is 81.0 Å². The van der Waals surface area contributed by atoms with Crippen molar-refractivity contribution in [2.75, 3.05) is 0 Å². The summed E-state index contributed by atoms with van der Waals surface area (Å²) < 4.78 is 134. The topological polar surface area (TPSA) is 18.5 Å². The van der Waals surface area contributed by atoms with Gasteiger partial charge in [-0.25, -0.2) is 0 Å². The van der Waals surface area contributed by atoms with Gasteiger partial charge >= 0.3 is 87.2 Å². The summed E-state index contributed by atoms with van der Waals surface area (Å²) in [5, 5.41) is 0. The molecular formula is C48H36F12IO2P2S2+. The maximum absolute atomic E-state index is 10.7. The van der Waals surface area contributed by atoms with E-state index < -0.39 is 15.6 Å².